The Morgan fingerprint density at radius 1 is 1.08 bits per heavy atom. The molecule has 128 valence electrons. The number of ether oxygens (including phenoxy) is 2. The van der Waals surface area contributed by atoms with Crippen LogP contribution in [0.15, 0.2) is 30.5 Å². The van der Waals surface area contributed by atoms with E-state index in [4.69, 9.17) is 18.8 Å². The van der Waals surface area contributed by atoms with E-state index in [2.05, 4.69) is 4.98 Å². The lowest BCUT2D eigenvalue weighted by molar-refractivity contribution is 0.00578. The van der Waals surface area contributed by atoms with Crippen LogP contribution < -0.4 is 10.2 Å². The van der Waals surface area contributed by atoms with E-state index in [1.54, 1.807) is 13.3 Å². The lowest BCUT2D eigenvalue weighted by atomic mass is 9.78. The molecule has 1 aliphatic rings. The topological polar surface area (TPSA) is 49.8 Å². The summed E-state index contributed by atoms with van der Waals surface area (Å²) in [7, 11) is 1.17. The third-order valence-corrected chi connectivity index (χ3v) is 4.79. The van der Waals surface area contributed by atoms with Crippen molar-refractivity contribution in [1.82, 2.24) is 4.98 Å². The molecule has 1 aromatic carbocycles. The molecule has 1 aromatic heterocycles. The summed E-state index contributed by atoms with van der Waals surface area (Å²) in [5.74, 6) is 0.742. The van der Waals surface area contributed by atoms with E-state index in [-0.39, 0.29) is 0 Å². The van der Waals surface area contributed by atoms with E-state index in [9.17, 15) is 0 Å². The van der Waals surface area contributed by atoms with Crippen molar-refractivity contribution in [3.8, 4) is 5.75 Å². The molecule has 0 N–H and O–H groups in total. The minimum absolute atomic E-state index is 0.402. The maximum Gasteiger partial charge on any atom is 0.498 e. The Bertz CT molecular complexity index is 716. The SMILES string of the molecule is COCCOc1cc2cccnc2cc1B1OC(C)(C)C(C)(C)O1. The highest BCUT2D eigenvalue weighted by Gasteiger charge is 2.52. The number of nitrogens with zero attached hydrogens (tertiary/aromatic N) is 1. The van der Waals surface area contributed by atoms with Crippen LogP contribution in [0.25, 0.3) is 10.9 Å². The molecule has 0 amide bonds. The number of benzene rings is 1. The second-order valence-corrected chi connectivity index (χ2v) is 7.02. The highest BCUT2D eigenvalue weighted by molar-refractivity contribution is 6.63. The number of methoxy groups -OCH3 is 1. The minimum atomic E-state index is -0.487. The molecule has 0 bridgehead atoms. The minimum Gasteiger partial charge on any atom is -0.492 e. The van der Waals surface area contributed by atoms with Crippen LogP contribution >= 0.6 is 0 Å². The average molecular weight is 329 g/mol. The van der Waals surface area contributed by atoms with E-state index in [0.717, 1.165) is 22.1 Å². The van der Waals surface area contributed by atoms with E-state index in [1.807, 2.05) is 52.0 Å². The van der Waals surface area contributed by atoms with Gasteiger partial charge in [-0.15, -0.1) is 0 Å². The maximum absolute atomic E-state index is 6.18. The number of hydrogen-bond acceptors (Lipinski definition) is 5. The number of hydrogen-bond donors (Lipinski definition) is 0. The van der Waals surface area contributed by atoms with Crippen molar-refractivity contribution in [2.45, 2.75) is 38.9 Å². The molecule has 1 saturated heterocycles. The lowest BCUT2D eigenvalue weighted by Gasteiger charge is -2.32. The summed E-state index contributed by atoms with van der Waals surface area (Å²) in [4.78, 5) is 4.43. The zero-order valence-corrected chi connectivity index (χ0v) is 15.0. The first-order valence-electron chi connectivity index (χ1n) is 8.20. The van der Waals surface area contributed by atoms with Gasteiger partial charge in [0.05, 0.1) is 23.3 Å². The molecule has 1 fully saturated rings. The van der Waals surface area contributed by atoms with E-state index in [1.165, 1.54) is 0 Å². The fourth-order valence-electron chi connectivity index (χ4n) is 2.63. The number of aromatic nitrogens is 1. The molecule has 2 heterocycles. The van der Waals surface area contributed by atoms with Gasteiger partial charge in [-0.1, -0.05) is 6.07 Å². The molecule has 1 aliphatic heterocycles. The summed E-state index contributed by atoms with van der Waals surface area (Å²) in [6.07, 6.45) is 1.78. The van der Waals surface area contributed by atoms with Crippen LogP contribution in [0.5, 0.6) is 5.75 Å². The van der Waals surface area contributed by atoms with Gasteiger partial charge in [0.1, 0.15) is 12.4 Å². The van der Waals surface area contributed by atoms with Crippen molar-refractivity contribution in [3.05, 3.63) is 30.5 Å². The molecular formula is C18H24BNO4. The van der Waals surface area contributed by atoms with Gasteiger partial charge < -0.3 is 18.8 Å². The van der Waals surface area contributed by atoms with Crippen molar-refractivity contribution in [3.63, 3.8) is 0 Å². The number of rotatable bonds is 5. The zero-order chi connectivity index (χ0) is 17.4. The predicted molar refractivity (Wildman–Crippen MR) is 94.8 cm³/mol. The largest absolute Gasteiger partial charge is 0.498 e. The van der Waals surface area contributed by atoms with Crippen LogP contribution in [0.1, 0.15) is 27.7 Å². The van der Waals surface area contributed by atoms with Gasteiger partial charge in [-0.05, 0) is 45.9 Å². The van der Waals surface area contributed by atoms with E-state index in [0.29, 0.717) is 13.2 Å². The molecule has 0 spiro atoms. The summed E-state index contributed by atoms with van der Waals surface area (Å²) >= 11 is 0. The van der Waals surface area contributed by atoms with Crippen LogP contribution in [-0.4, -0.2) is 43.6 Å². The van der Waals surface area contributed by atoms with Crippen molar-refractivity contribution in [2.24, 2.45) is 0 Å². The molecule has 3 rings (SSSR count). The Kier molecular flexibility index (Phi) is 4.55. The summed E-state index contributed by atoms with van der Waals surface area (Å²) in [6, 6.07) is 7.90. The van der Waals surface area contributed by atoms with Crippen LogP contribution in [0.4, 0.5) is 0 Å². The van der Waals surface area contributed by atoms with Crippen LogP contribution in [-0.2, 0) is 14.0 Å². The van der Waals surface area contributed by atoms with Crippen molar-refractivity contribution in [2.75, 3.05) is 20.3 Å². The molecule has 0 aliphatic carbocycles. The van der Waals surface area contributed by atoms with Gasteiger partial charge in [-0.3, -0.25) is 4.98 Å². The second kappa shape index (κ2) is 6.35. The molecular weight excluding hydrogens is 305 g/mol. The zero-order valence-electron chi connectivity index (χ0n) is 15.0. The van der Waals surface area contributed by atoms with Gasteiger partial charge in [0.2, 0.25) is 0 Å². The highest BCUT2D eigenvalue weighted by Crippen LogP contribution is 2.37. The van der Waals surface area contributed by atoms with Crippen LogP contribution in [0, 0.1) is 0 Å². The molecule has 6 heteroatoms. The molecule has 5 nitrogen and oxygen atoms in total. The summed E-state index contributed by atoms with van der Waals surface area (Å²) < 4.78 is 23.4. The van der Waals surface area contributed by atoms with Gasteiger partial charge in [-0.2, -0.15) is 0 Å². The van der Waals surface area contributed by atoms with Gasteiger partial charge in [0, 0.05) is 24.2 Å². The maximum atomic E-state index is 6.18. The monoisotopic (exact) mass is 329 g/mol. The smallest absolute Gasteiger partial charge is 0.492 e. The fourth-order valence-corrected chi connectivity index (χ4v) is 2.63. The molecule has 0 radical (unpaired) electrons. The van der Waals surface area contributed by atoms with Crippen LogP contribution in [0.2, 0.25) is 0 Å². The van der Waals surface area contributed by atoms with Gasteiger partial charge in [0.25, 0.3) is 0 Å². The van der Waals surface area contributed by atoms with E-state index < -0.39 is 18.3 Å². The number of fused-ring (bicyclic) bond motifs is 1. The molecule has 0 saturated carbocycles. The second-order valence-electron chi connectivity index (χ2n) is 7.02. The quantitative estimate of drug-likeness (QED) is 0.623. The van der Waals surface area contributed by atoms with Crippen molar-refractivity contribution in [1.29, 1.82) is 0 Å². The standard InChI is InChI=1S/C18H24BNO4/c1-17(2)18(3,4)24-19(23-17)14-12-15-13(7-6-8-20-15)11-16(14)22-10-9-21-5/h6-8,11-12H,9-10H2,1-5H3. The average Bonchev–Trinajstić information content (AvgIpc) is 2.75. The normalized spacial score (nSPS) is 19.0. The van der Waals surface area contributed by atoms with Gasteiger partial charge in [-0.25, -0.2) is 0 Å². The Morgan fingerprint density at radius 2 is 1.79 bits per heavy atom. The Labute approximate surface area is 143 Å². The summed E-state index contributed by atoms with van der Waals surface area (Å²) in [5, 5.41) is 1.02. The summed E-state index contributed by atoms with van der Waals surface area (Å²) in [5.41, 5.74) is 0.943. The van der Waals surface area contributed by atoms with E-state index >= 15 is 0 Å². The van der Waals surface area contributed by atoms with Crippen molar-refractivity contribution < 1.29 is 18.8 Å². The first-order chi connectivity index (χ1) is 11.3. The predicted octanol–water partition coefficient (Wildman–Crippen LogP) is 2.56. The molecule has 0 atom stereocenters. The molecule has 24 heavy (non-hydrogen) atoms. The van der Waals surface area contributed by atoms with Gasteiger partial charge >= 0.3 is 7.12 Å². The lowest BCUT2D eigenvalue weighted by Crippen LogP contribution is -2.41. The highest BCUT2D eigenvalue weighted by atomic mass is 16.7. The van der Waals surface area contributed by atoms with Gasteiger partial charge in [0.15, 0.2) is 0 Å². The van der Waals surface area contributed by atoms with Crippen LogP contribution in [0.3, 0.4) is 0 Å². The first kappa shape index (κ1) is 17.2. The number of pyridine rings is 1. The third-order valence-electron chi connectivity index (χ3n) is 4.79. The molecule has 0 unspecified atom stereocenters. The molecule has 2 aromatic rings. The Morgan fingerprint density at radius 3 is 2.46 bits per heavy atom. The Balaban J connectivity index is 2.00. The Hall–Kier alpha value is -1.63. The first-order valence-corrected chi connectivity index (χ1v) is 8.20. The third kappa shape index (κ3) is 3.14. The summed E-state index contributed by atoms with van der Waals surface area (Å²) in [6.45, 7) is 9.15. The fraction of sp³-hybridized carbons (Fsp3) is 0.500. The van der Waals surface area contributed by atoms with Crippen molar-refractivity contribution >= 4 is 23.5 Å².